The van der Waals surface area contributed by atoms with Crippen molar-refractivity contribution < 1.29 is 9.53 Å². The van der Waals surface area contributed by atoms with E-state index in [2.05, 4.69) is 36.1 Å². The van der Waals surface area contributed by atoms with Crippen LogP contribution in [0.3, 0.4) is 0 Å². The summed E-state index contributed by atoms with van der Waals surface area (Å²) in [4.78, 5) is 14.8. The van der Waals surface area contributed by atoms with Crippen LogP contribution in [-0.4, -0.2) is 53.4 Å². The Morgan fingerprint density at radius 1 is 1.24 bits per heavy atom. The first-order valence-corrected chi connectivity index (χ1v) is 9.66. The number of carbonyl (C=O) groups excluding carboxylic acids is 1. The Bertz CT molecular complexity index is 466. The lowest BCUT2D eigenvalue weighted by Crippen LogP contribution is -2.42. The van der Waals surface area contributed by atoms with Crippen LogP contribution >= 0.6 is 0 Å². The Balaban J connectivity index is 2.46. The highest BCUT2D eigenvalue weighted by molar-refractivity contribution is 5.92. The number of rotatable bonds is 14. The van der Waals surface area contributed by atoms with Crippen molar-refractivity contribution in [3.05, 3.63) is 18.0 Å². The maximum atomic E-state index is 12.3. The van der Waals surface area contributed by atoms with Crippen LogP contribution in [0.25, 0.3) is 0 Å². The van der Waals surface area contributed by atoms with Crippen molar-refractivity contribution in [2.75, 3.05) is 26.7 Å². The minimum absolute atomic E-state index is 0.100. The third-order valence-corrected chi connectivity index (χ3v) is 4.20. The van der Waals surface area contributed by atoms with E-state index in [1.54, 1.807) is 24.1 Å². The number of nitrogens with zero attached hydrogens (tertiary/aromatic N) is 3. The van der Waals surface area contributed by atoms with Crippen LogP contribution in [0.5, 0.6) is 0 Å². The fourth-order valence-corrected chi connectivity index (χ4v) is 2.88. The molecule has 25 heavy (non-hydrogen) atoms. The second-order valence-corrected chi connectivity index (χ2v) is 6.75. The highest BCUT2D eigenvalue weighted by atomic mass is 16.5. The summed E-state index contributed by atoms with van der Waals surface area (Å²) in [5.41, 5.74) is 0.437. The third-order valence-electron chi connectivity index (χ3n) is 4.20. The summed E-state index contributed by atoms with van der Waals surface area (Å²) < 4.78 is 6.62. The van der Waals surface area contributed by atoms with E-state index >= 15 is 0 Å². The number of hydrogen-bond donors (Lipinski definition) is 1. The Hall–Kier alpha value is -1.40. The molecule has 6 heteroatoms. The number of methoxy groups -OCH3 is 1. The summed E-state index contributed by atoms with van der Waals surface area (Å²) in [7, 11) is 1.61. The molecule has 0 fully saturated rings. The molecule has 1 aromatic rings. The lowest BCUT2D eigenvalue weighted by molar-refractivity contribution is 0.0916. The fraction of sp³-hybridized carbons (Fsp3) is 0.789. The van der Waals surface area contributed by atoms with Crippen LogP contribution in [0, 0.1) is 0 Å². The predicted molar refractivity (Wildman–Crippen MR) is 102 cm³/mol. The van der Waals surface area contributed by atoms with E-state index in [0.29, 0.717) is 12.4 Å². The molecule has 0 bridgehead atoms. The molecule has 1 rings (SSSR count). The summed E-state index contributed by atoms with van der Waals surface area (Å²) in [5.74, 6) is -0.121. The lowest BCUT2D eigenvalue weighted by Gasteiger charge is -2.26. The fourth-order valence-electron chi connectivity index (χ4n) is 2.88. The van der Waals surface area contributed by atoms with Gasteiger partial charge >= 0.3 is 0 Å². The Morgan fingerprint density at radius 3 is 2.44 bits per heavy atom. The quantitative estimate of drug-likeness (QED) is 0.522. The van der Waals surface area contributed by atoms with Crippen molar-refractivity contribution in [2.24, 2.45) is 0 Å². The van der Waals surface area contributed by atoms with E-state index in [1.807, 2.05) is 0 Å². The average Bonchev–Trinajstić information content (AvgIpc) is 3.04. The maximum Gasteiger partial charge on any atom is 0.272 e. The second-order valence-electron chi connectivity index (χ2n) is 6.75. The summed E-state index contributed by atoms with van der Waals surface area (Å²) in [6.07, 6.45) is 9.21. The van der Waals surface area contributed by atoms with Crippen molar-refractivity contribution in [2.45, 2.75) is 72.1 Å². The number of ether oxygens (including phenoxy) is 1. The Morgan fingerprint density at radius 2 is 1.88 bits per heavy atom. The van der Waals surface area contributed by atoms with Gasteiger partial charge in [-0.05, 0) is 38.9 Å². The lowest BCUT2D eigenvalue weighted by atomic mass is 10.2. The summed E-state index contributed by atoms with van der Waals surface area (Å²) in [5, 5.41) is 7.29. The van der Waals surface area contributed by atoms with Gasteiger partial charge in [0.15, 0.2) is 0 Å². The number of unbranched alkanes of at least 4 members (excludes halogenated alkanes) is 4. The van der Waals surface area contributed by atoms with E-state index in [9.17, 15) is 4.79 Å². The molecule has 0 spiro atoms. The van der Waals surface area contributed by atoms with Crippen LogP contribution < -0.4 is 5.32 Å². The van der Waals surface area contributed by atoms with Gasteiger partial charge in [0.1, 0.15) is 12.4 Å². The Kier molecular flexibility index (Phi) is 11.2. The first kappa shape index (κ1) is 21.6. The van der Waals surface area contributed by atoms with Gasteiger partial charge in [-0.2, -0.15) is 5.10 Å². The molecule has 0 saturated carbocycles. The van der Waals surface area contributed by atoms with Crippen LogP contribution in [0.15, 0.2) is 12.3 Å². The normalized spacial score (nSPS) is 12.5. The molecule has 0 saturated heterocycles. The largest absolute Gasteiger partial charge is 0.362 e. The minimum atomic E-state index is -0.121. The third kappa shape index (κ3) is 9.02. The zero-order valence-electron chi connectivity index (χ0n) is 16.5. The zero-order chi connectivity index (χ0) is 18.5. The summed E-state index contributed by atoms with van der Waals surface area (Å²) >= 11 is 0. The van der Waals surface area contributed by atoms with Crippen LogP contribution in [-0.2, 0) is 11.5 Å². The average molecular weight is 353 g/mol. The van der Waals surface area contributed by atoms with Crippen molar-refractivity contribution in [1.29, 1.82) is 0 Å². The molecule has 0 aromatic carbocycles. The van der Waals surface area contributed by atoms with Crippen molar-refractivity contribution in [3.8, 4) is 0 Å². The molecule has 1 amide bonds. The van der Waals surface area contributed by atoms with E-state index in [-0.39, 0.29) is 11.9 Å². The number of nitrogens with one attached hydrogen (secondary N) is 1. The molecule has 1 heterocycles. The van der Waals surface area contributed by atoms with E-state index in [4.69, 9.17) is 4.74 Å². The topological polar surface area (TPSA) is 59.4 Å². The molecule has 0 aliphatic rings. The molecule has 144 valence electrons. The van der Waals surface area contributed by atoms with Gasteiger partial charge in [-0.3, -0.25) is 4.79 Å². The van der Waals surface area contributed by atoms with Gasteiger partial charge in [0.05, 0.1) is 0 Å². The molecule has 0 aliphatic carbocycles. The number of carbonyl (C=O) groups is 1. The first-order chi connectivity index (χ1) is 12.1. The highest BCUT2D eigenvalue weighted by Gasteiger charge is 2.15. The van der Waals surface area contributed by atoms with Crippen molar-refractivity contribution >= 4 is 5.91 Å². The summed E-state index contributed by atoms with van der Waals surface area (Å²) in [6, 6.07) is 1.82. The molecular formula is C19H36N4O2. The van der Waals surface area contributed by atoms with Gasteiger partial charge in [0.2, 0.25) is 0 Å². The molecule has 1 atom stereocenters. The van der Waals surface area contributed by atoms with Gasteiger partial charge in [-0.15, -0.1) is 0 Å². The number of hydrogen-bond acceptors (Lipinski definition) is 4. The smallest absolute Gasteiger partial charge is 0.272 e. The van der Waals surface area contributed by atoms with E-state index < -0.39 is 0 Å². The molecule has 1 aromatic heterocycles. The molecule has 1 N–H and O–H groups in total. The number of amides is 1. The predicted octanol–water partition coefficient (Wildman–Crippen LogP) is 3.29. The minimum Gasteiger partial charge on any atom is -0.362 e. The van der Waals surface area contributed by atoms with Gasteiger partial charge in [-0.1, -0.05) is 39.5 Å². The van der Waals surface area contributed by atoms with Gasteiger partial charge in [0, 0.05) is 25.9 Å². The van der Waals surface area contributed by atoms with E-state index in [1.165, 1.54) is 38.5 Å². The SMILES string of the molecule is CCCCCN(CCCCC)CC(C)NC(=O)c1ccn(COC)n1. The van der Waals surface area contributed by atoms with Crippen molar-refractivity contribution in [1.82, 2.24) is 20.0 Å². The number of aromatic nitrogens is 2. The maximum absolute atomic E-state index is 12.3. The monoisotopic (exact) mass is 352 g/mol. The molecule has 6 nitrogen and oxygen atoms in total. The van der Waals surface area contributed by atoms with Crippen molar-refractivity contribution in [3.63, 3.8) is 0 Å². The van der Waals surface area contributed by atoms with Crippen LogP contribution in [0.1, 0.15) is 69.8 Å². The second kappa shape index (κ2) is 12.9. The molecular weight excluding hydrogens is 316 g/mol. The molecule has 0 radical (unpaired) electrons. The van der Waals surface area contributed by atoms with E-state index in [0.717, 1.165) is 19.6 Å². The van der Waals surface area contributed by atoms with Crippen LogP contribution in [0.4, 0.5) is 0 Å². The first-order valence-electron chi connectivity index (χ1n) is 9.66. The van der Waals surface area contributed by atoms with Gasteiger partial charge in [0.25, 0.3) is 5.91 Å². The highest BCUT2D eigenvalue weighted by Crippen LogP contribution is 2.05. The Labute approximate surface area is 152 Å². The van der Waals surface area contributed by atoms with Gasteiger partial charge < -0.3 is 15.0 Å². The van der Waals surface area contributed by atoms with Gasteiger partial charge in [-0.25, -0.2) is 4.68 Å². The summed E-state index contributed by atoms with van der Waals surface area (Å²) in [6.45, 7) is 9.99. The standard InChI is InChI=1S/C19H36N4O2/c1-5-7-9-12-22(13-10-8-6-2)15-17(3)20-19(24)18-11-14-23(21-18)16-25-4/h11,14,17H,5-10,12-13,15-16H2,1-4H3,(H,20,24). The zero-order valence-corrected chi connectivity index (χ0v) is 16.5. The molecule has 0 aliphatic heterocycles. The molecule has 1 unspecified atom stereocenters. The van der Waals surface area contributed by atoms with Crippen LogP contribution in [0.2, 0.25) is 0 Å².